The summed E-state index contributed by atoms with van der Waals surface area (Å²) in [6.07, 6.45) is 7.08. The smallest absolute Gasteiger partial charge is 0.234 e. The van der Waals surface area contributed by atoms with E-state index in [1.54, 1.807) is 18.6 Å². The van der Waals surface area contributed by atoms with Crippen LogP contribution in [0.15, 0.2) is 55.1 Å². The molecule has 0 saturated carbocycles. The van der Waals surface area contributed by atoms with Gasteiger partial charge in [0.05, 0.1) is 24.2 Å². The van der Waals surface area contributed by atoms with Gasteiger partial charge in [-0.1, -0.05) is 12.1 Å². The van der Waals surface area contributed by atoms with E-state index in [4.69, 9.17) is 4.74 Å². The molecule has 3 aromatic rings. The molecular formula is C18H21N5O. The Morgan fingerprint density at radius 3 is 2.54 bits per heavy atom. The van der Waals surface area contributed by atoms with Crippen molar-refractivity contribution in [3.63, 3.8) is 0 Å². The molecule has 0 aliphatic carbocycles. The van der Waals surface area contributed by atoms with Crippen molar-refractivity contribution in [3.05, 3.63) is 60.7 Å². The van der Waals surface area contributed by atoms with Gasteiger partial charge in [-0.15, -0.1) is 0 Å². The van der Waals surface area contributed by atoms with Crippen LogP contribution in [0, 0.1) is 0 Å². The van der Waals surface area contributed by atoms with Crippen LogP contribution < -0.4 is 10.1 Å². The van der Waals surface area contributed by atoms with Crippen molar-refractivity contribution in [3.8, 4) is 11.6 Å². The second-order valence-corrected chi connectivity index (χ2v) is 5.82. The first-order valence-corrected chi connectivity index (χ1v) is 7.97. The van der Waals surface area contributed by atoms with Gasteiger partial charge in [0.25, 0.3) is 0 Å². The molecule has 0 spiro atoms. The molecule has 0 aliphatic heterocycles. The Balaban J connectivity index is 1.69. The van der Waals surface area contributed by atoms with Gasteiger partial charge < -0.3 is 10.1 Å². The van der Waals surface area contributed by atoms with Crippen LogP contribution in [-0.4, -0.2) is 25.9 Å². The van der Waals surface area contributed by atoms with Crippen LogP contribution in [0.25, 0.3) is 5.69 Å². The molecule has 0 amide bonds. The Kier molecular flexibility index (Phi) is 4.74. The second-order valence-electron chi connectivity index (χ2n) is 5.82. The van der Waals surface area contributed by atoms with Gasteiger partial charge in [0.1, 0.15) is 5.82 Å². The van der Waals surface area contributed by atoms with Crippen LogP contribution in [0.3, 0.4) is 0 Å². The Hall–Kier alpha value is -2.89. The molecule has 0 radical (unpaired) electrons. The Labute approximate surface area is 141 Å². The molecule has 0 fully saturated rings. The second kappa shape index (κ2) is 7.12. The van der Waals surface area contributed by atoms with Crippen LogP contribution >= 0.6 is 0 Å². The first-order chi connectivity index (χ1) is 11.6. The number of nitrogens with zero attached hydrogens (tertiary/aromatic N) is 4. The lowest BCUT2D eigenvalue weighted by Gasteiger charge is -2.16. The van der Waals surface area contributed by atoms with Gasteiger partial charge in [0.15, 0.2) is 0 Å². The molecule has 1 unspecified atom stereocenters. The summed E-state index contributed by atoms with van der Waals surface area (Å²) in [5, 5.41) is 7.58. The molecule has 24 heavy (non-hydrogen) atoms. The number of hydrogen-bond acceptors (Lipinski definition) is 5. The number of rotatable bonds is 6. The fourth-order valence-electron chi connectivity index (χ4n) is 2.36. The summed E-state index contributed by atoms with van der Waals surface area (Å²) < 4.78 is 7.41. The van der Waals surface area contributed by atoms with E-state index in [9.17, 15) is 0 Å². The lowest BCUT2D eigenvalue weighted by Crippen LogP contribution is -2.11. The molecule has 2 heterocycles. The Morgan fingerprint density at radius 2 is 1.88 bits per heavy atom. The van der Waals surface area contributed by atoms with E-state index in [1.807, 2.05) is 42.9 Å². The van der Waals surface area contributed by atoms with Crippen molar-refractivity contribution in [1.82, 2.24) is 19.7 Å². The van der Waals surface area contributed by atoms with Crippen molar-refractivity contribution in [2.24, 2.45) is 0 Å². The normalized spacial score (nSPS) is 12.2. The van der Waals surface area contributed by atoms with E-state index in [-0.39, 0.29) is 12.1 Å². The summed E-state index contributed by atoms with van der Waals surface area (Å²) in [6, 6.07) is 10.3. The van der Waals surface area contributed by atoms with E-state index >= 15 is 0 Å². The predicted molar refractivity (Wildman–Crippen MR) is 93.4 cm³/mol. The summed E-state index contributed by atoms with van der Waals surface area (Å²) in [5.41, 5.74) is 2.19. The van der Waals surface area contributed by atoms with Crippen LogP contribution in [0.4, 0.5) is 5.82 Å². The Morgan fingerprint density at radius 1 is 1.08 bits per heavy atom. The summed E-state index contributed by atoms with van der Waals surface area (Å²) in [5.74, 6) is 1.22. The molecule has 0 aliphatic rings. The highest BCUT2D eigenvalue weighted by molar-refractivity contribution is 5.40. The zero-order valence-corrected chi connectivity index (χ0v) is 14.0. The van der Waals surface area contributed by atoms with Gasteiger partial charge in [0.2, 0.25) is 5.88 Å². The third-order valence-corrected chi connectivity index (χ3v) is 3.50. The number of nitrogens with one attached hydrogen (secondary N) is 1. The fourth-order valence-corrected chi connectivity index (χ4v) is 2.36. The van der Waals surface area contributed by atoms with Crippen molar-refractivity contribution >= 4 is 5.82 Å². The molecule has 124 valence electrons. The summed E-state index contributed by atoms with van der Waals surface area (Å²) >= 11 is 0. The first-order valence-electron chi connectivity index (χ1n) is 7.97. The minimum absolute atomic E-state index is 0.0711. The quantitative estimate of drug-likeness (QED) is 0.750. The van der Waals surface area contributed by atoms with Crippen LogP contribution in [0.2, 0.25) is 0 Å². The maximum absolute atomic E-state index is 5.58. The van der Waals surface area contributed by atoms with Crippen molar-refractivity contribution in [2.45, 2.75) is 32.9 Å². The highest BCUT2D eigenvalue weighted by Crippen LogP contribution is 2.20. The zero-order chi connectivity index (χ0) is 16.9. The Bertz CT molecular complexity index is 768. The predicted octanol–water partition coefficient (Wildman–Crippen LogP) is 3.62. The molecule has 3 rings (SSSR count). The van der Waals surface area contributed by atoms with Crippen LogP contribution in [0.1, 0.15) is 32.4 Å². The summed E-state index contributed by atoms with van der Waals surface area (Å²) in [7, 11) is 0. The number of anilines is 1. The number of hydrogen-bond donors (Lipinski definition) is 1. The molecule has 0 saturated heterocycles. The third-order valence-electron chi connectivity index (χ3n) is 3.50. The van der Waals surface area contributed by atoms with E-state index in [1.165, 1.54) is 0 Å². The van der Waals surface area contributed by atoms with Crippen molar-refractivity contribution in [2.75, 3.05) is 5.32 Å². The number of aromatic nitrogens is 4. The molecule has 0 bridgehead atoms. The van der Waals surface area contributed by atoms with Gasteiger partial charge in [-0.3, -0.25) is 4.98 Å². The standard InChI is InChI=1S/C18H21N5O/c1-13(2)24-18-12-19-11-17(22-18)21-14(3)15-5-7-16(8-6-15)23-10-4-9-20-23/h4-14H,1-3H3,(H,21,22). The third kappa shape index (κ3) is 3.90. The molecule has 1 aromatic carbocycles. The van der Waals surface area contributed by atoms with Crippen molar-refractivity contribution < 1.29 is 4.74 Å². The molecule has 2 aromatic heterocycles. The van der Waals surface area contributed by atoms with Gasteiger partial charge in [-0.2, -0.15) is 10.1 Å². The van der Waals surface area contributed by atoms with E-state index in [2.05, 4.69) is 39.4 Å². The molecule has 1 atom stereocenters. The molecule has 6 heteroatoms. The topological polar surface area (TPSA) is 64.9 Å². The number of ether oxygens (including phenoxy) is 1. The highest BCUT2D eigenvalue weighted by Gasteiger charge is 2.08. The van der Waals surface area contributed by atoms with Crippen LogP contribution in [-0.2, 0) is 0 Å². The molecule has 1 N–H and O–H groups in total. The largest absolute Gasteiger partial charge is 0.474 e. The number of benzene rings is 1. The minimum atomic E-state index is 0.0711. The highest BCUT2D eigenvalue weighted by atomic mass is 16.5. The monoisotopic (exact) mass is 323 g/mol. The van der Waals surface area contributed by atoms with Gasteiger partial charge in [-0.25, -0.2) is 4.68 Å². The lowest BCUT2D eigenvalue weighted by atomic mass is 10.1. The summed E-state index contributed by atoms with van der Waals surface area (Å²) in [4.78, 5) is 8.60. The van der Waals surface area contributed by atoms with Gasteiger partial charge in [0, 0.05) is 18.4 Å². The molecular weight excluding hydrogens is 302 g/mol. The average Bonchev–Trinajstić information content (AvgIpc) is 3.09. The van der Waals surface area contributed by atoms with Gasteiger partial charge in [-0.05, 0) is 44.5 Å². The first kappa shape index (κ1) is 16.0. The summed E-state index contributed by atoms with van der Waals surface area (Å²) in [6.45, 7) is 6.01. The fraction of sp³-hybridized carbons (Fsp3) is 0.278. The van der Waals surface area contributed by atoms with E-state index < -0.39 is 0 Å². The van der Waals surface area contributed by atoms with E-state index in [0.717, 1.165) is 11.3 Å². The average molecular weight is 323 g/mol. The zero-order valence-electron chi connectivity index (χ0n) is 14.0. The van der Waals surface area contributed by atoms with Crippen molar-refractivity contribution in [1.29, 1.82) is 0 Å². The maximum Gasteiger partial charge on any atom is 0.234 e. The lowest BCUT2D eigenvalue weighted by molar-refractivity contribution is 0.232. The maximum atomic E-state index is 5.58. The van der Waals surface area contributed by atoms with Crippen LogP contribution in [0.5, 0.6) is 5.88 Å². The molecule has 6 nitrogen and oxygen atoms in total. The SMILES string of the molecule is CC(C)Oc1cncc(NC(C)c2ccc(-n3cccn3)cc2)n1. The van der Waals surface area contributed by atoms with Gasteiger partial charge >= 0.3 is 0 Å². The van der Waals surface area contributed by atoms with E-state index in [0.29, 0.717) is 11.7 Å². The minimum Gasteiger partial charge on any atom is -0.474 e.